The van der Waals surface area contributed by atoms with Crippen LogP contribution in [0.3, 0.4) is 0 Å². The van der Waals surface area contributed by atoms with Gasteiger partial charge in [-0.1, -0.05) is 18.2 Å². The smallest absolute Gasteiger partial charge is 0.340 e. The number of nitrogens with zero attached hydrogens (tertiary/aromatic N) is 3. The van der Waals surface area contributed by atoms with Gasteiger partial charge in [0.15, 0.2) is 11.4 Å². The van der Waals surface area contributed by atoms with E-state index < -0.39 is 11.6 Å². The van der Waals surface area contributed by atoms with E-state index in [-0.39, 0.29) is 11.5 Å². The van der Waals surface area contributed by atoms with Crippen LogP contribution in [-0.4, -0.2) is 31.1 Å². The molecule has 3 heterocycles. The zero-order valence-electron chi connectivity index (χ0n) is 15.8. The van der Waals surface area contributed by atoms with Crippen LogP contribution in [0.25, 0.3) is 11.4 Å². The van der Waals surface area contributed by atoms with Gasteiger partial charge in [0, 0.05) is 34.4 Å². The van der Waals surface area contributed by atoms with Crippen molar-refractivity contribution in [3.63, 3.8) is 0 Å². The van der Waals surface area contributed by atoms with Crippen LogP contribution in [0, 0.1) is 0 Å². The van der Waals surface area contributed by atoms with Gasteiger partial charge in [0.25, 0.3) is 0 Å². The lowest BCUT2D eigenvalue weighted by atomic mass is 9.77. The SMILES string of the molecule is O=C1OC2(c3ccc(O)cc3Oc3cc(O)ccc32)c2cccc(-c3ncncn3)c21. The molecule has 31 heavy (non-hydrogen) atoms. The third-order valence-corrected chi connectivity index (χ3v) is 5.54. The molecule has 2 aliphatic rings. The summed E-state index contributed by atoms with van der Waals surface area (Å²) in [6.07, 6.45) is 2.73. The van der Waals surface area contributed by atoms with Crippen molar-refractivity contribution >= 4 is 5.97 Å². The number of ether oxygens (including phenoxy) is 2. The normalized spacial score (nSPS) is 14.9. The second-order valence-electron chi connectivity index (χ2n) is 7.22. The van der Waals surface area contributed by atoms with Gasteiger partial charge in [0.05, 0.1) is 5.56 Å². The first-order chi connectivity index (χ1) is 15.1. The lowest BCUT2D eigenvalue weighted by molar-refractivity contribution is 0.0224. The van der Waals surface area contributed by atoms with Crippen LogP contribution < -0.4 is 4.74 Å². The quantitative estimate of drug-likeness (QED) is 0.457. The average molecular weight is 411 g/mol. The maximum atomic E-state index is 13.3. The second kappa shape index (κ2) is 6.02. The summed E-state index contributed by atoms with van der Waals surface area (Å²) in [5.74, 6) is 0.464. The van der Waals surface area contributed by atoms with E-state index in [9.17, 15) is 15.0 Å². The standard InChI is InChI=1S/C23H13N3O5/c27-12-4-6-15-18(8-12)30-19-9-13(28)5-7-16(19)23(15)17-3-1-2-14(20(17)22(29)31-23)21-25-10-24-11-26-21/h1-11,27-28H. The minimum absolute atomic E-state index is 0.000913. The van der Waals surface area contributed by atoms with E-state index in [1.54, 1.807) is 24.3 Å². The summed E-state index contributed by atoms with van der Waals surface area (Å²) in [5.41, 5.74) is 1.26. The Bertz CT molecular complexity index is 1340. The molecule has 0 bridgehead atoms. The first kappa shape index (κ1) is 17.4. The molecule has 0 atom stereocenters. The number of phenols is 2. The van der Waals surface area contributed by atoms with Crippen LogP contribution in [0.5, 0.6) is 23.0 Å². The summed E-state index contributed by atoms with van der Waals surface area (Å²) in [4.78, 5) is 25.5. The lowest BCUT2D eigenvalue weighted by Crippen LogP contribution is -2.32. The molecule has 2 aliphatic heterocycles. The average Bonchev–Trinajstić information content (AvgIpc) is 3.07. The summed E-state index contributed by atoms with van der Waals surface area (Å²) >= 11 is 0. The van der Waals surface area contributed by atoms with Crippen LogP contribution in [0.15, 0.2) is 67.3 Å². The summed E-state index contributed by atoms with van der Waals surface area (Å²) in [7, 11) is 0. The molecule has 0 aliphatic carbocycles. The molecule has 3 aromatic carbocycles. The molecular formula is C23H13N3O5. The zero-order valence-corrected chi connectivity index (χ0v) is 15.8. The summed E-state index contributed by atoms with van der Waals surface area (Å²) in [6.45, 7) is 0. The molecule has 0 unspecified atom stereocenters. The number of carbonyl (C=O) groups excluding carboxylic acids is 1. The number of carbonyl (C=O) groups is 1. The van der Waals surface area contributed by atoms with E-state index in [0.29, 0.717) is 45.1 Å². The Morgan fingerprint density at radius 1 is 0.806 bits per heavy atom. The molecule has 1 spiro atoms. The minimum Gasteiger partial charge on any atom is -0.508 e. The van der Waals surface area contributed by atoms with Crippen molar-refractivity contribution in [2.24, 2.45) is 0 Å². The monoisotopic (exact) mass is 411 g/mol. The van der Waals surface area contributed by atoms with E-state index in [4.69, 9.17) is 9.47 Å². The van der Waals surface area contributed by atoms with Crippen LogP contribution in [0.4, 0.5) is 0 Å². The molecule has 2 N–H and O–H groups in total. The fourth-order valence-corrected chi connectivity index (χ4v) is 4.31. The topological polar surface area (TPSA) is 115 Å². The summed E-state index contributed by atoms with van der Waals surface area (Å²) in [5, 5.41) is 20.0. The van der Waals surface area contributed by atoms with Crippen molar-refractivity contribution in [3.8, 4) is 34.4 Å². The van der Waals surface area contributed by atoms with Gasteiger partial charge in [-0.3, -0.25) is 0 Å². The highest BCUT2D eigenvalue weighted by atomic mass is 16.6. The fourth-order valence-electron chi connectivity index (χ4n) is 4.31. The molecule has 1 aromatic heterocycles. The number of fused-ring (bicyclic) bond motifs is 6. The molecule has 0 radical (unpaired) electrons. The third-order valence-electron chi connectivity index (χ3n) is 5.54. The van der Waals surface area contributed by atoms with Crippen LogP contribution in [0.2, 0.25) is 0 Å². The highest BCUT2D eigenvalue weighted by Gasteiger charge is 2.54. The molecule has 0 saturated carbocycles. The second-order valence-corrected chi connectivity index (χ2v) is 7.22. The van der Waals surface area contributed by atoms with Gasteiger partial charge in [-0.25, -0.2) is 19.7 Å². The van der Waals surface area contributed by atoms with Crippen LogP contribution in [0.1, 0.15) is 27.0 Å². The van der Waals surface area contributed by atoms with E-state index in [1.807, 2.05) is 6.07 Å². The van der Waals surface area contributed by atoms with Crippen molar-refractivity contribution < 1.29 is 24.5 Å². The van der Waals surface area contributed by atoms with Gasteiger partial charge < -0.3 is 19.7 Å². The number of rotatable bonds is 1. The molecule has 4 aromatic rings. The largest absolute Gasteiger partial charge is 0.508 e. The number of aromatic hydroxyl groups is 2. The first-order valence-electron chi connectivity index (χ1n) is 9.42. The molecule has 0 fully saturated rings. The molecular weight excluding hydrogens is 398 g/mol. The van der Waals surface area contributed by atoms with Gasteiger partial charge in [-0.2, -0.15) is 0 Å². The summed E-state index contributed by atoms with van der Waals surface area (Å²) in [6, 6.07) is 14.6. The minimum atomic E-state index is -1.32. The number of hydrogen-bond donors (Lipinski definition) is 2. The van der Waals surface area contributed by atoms with E-state index >= 15 is 0 Å². The summed E-state index contributed by atoms with van der Waals surface area (Å²) < 4.78 is 12.0. The Kier molecular flexibility index (Phi) is 3.38. The number of benzene rings is 3. The first-order valence-corrected chi connectivity index (χ1v) is 9.42. The zero-order chi connectivity index (χ0) is 21.2. The molecule has 6 rings (SSSR count). The molecule has 0 amide bonds. The van der Waals surface area contributed by atoms with Gasteiger partial charge in [-0.15, -0.1) is 0 Å². The molecule has 150 valence electrons. The number of aromatic nitrogens is 3. The predicted octanol–water partition coefficient (Wildman–Crippen LogP) is 3.52. The maximum absolute atomic E-state index is 13.3. The number of phenolic OH excluding ortho intramolecular Hbond substituents is 2. The Morgan fingerprint density at radius 3 is 2.10 bits per heavy atom. The highest BCUT2D eigenvalue weighted by Crippen LogP contribution is 2.57. The van der Waals surface area contributed by atoms with Crippen molar-refractivity contribution in [1.29, 1.82) is 0 Å². The van der Waals surface area contributed by atoms with Gasteiger partial charge in [0.2, 0.25) is 0 Å². The Balaban J connectivity index is 1.70. The Labute approximate surface area is 175 Å². The van der Waals surface area contributed by atoms with E-state index in [1.165, 1.54) is 36.9 Å². The molecule has 8 nitrogen and oxygen atoms in total. The molecule has 0 saturated heterocycles. The maximum Gasteiger partial charge on any atom is 0.340 e. The number of esters is 1. The van der Waals surface area contributed by atoms with Gasteiger partial charge >= 0.3 is 5.97 Å². The third kappa shape index (κ3) is 2.29. The Morgan fingerprint density at radius 2 is 1.45 bits per heavy atom. The van der Waals surface area contributed by atoms with E-state index in [2.05, 4.69) is 15.0 Å². The van der Waals surface area contributed by atoms with E-state index in [0.717, 1.165) is 0 Å². The van der Waals surface area contributed by atoms with Crippen LogP contribution >= 0.6 is 0 Å². The lowest BCUT2D eigenvalue weighted by Gasteiger charge is -2.36. The van der Waals surface area contributed by atoms with Crippen molar-refractivity contribution in [2.75, 3.05) is 0 Å². The Hall–Kier alpha value is -4.46. The van der Waals surface area contributed by atoms with Crippen LogP contribution in [-0.2, 0) is 10.3 Å². The predicted molar refractivity (Wildman–Crippen MR) is 107 cm³/mol. The van der Waals surface area contributed by atoms with Crippen molar-refractivity contribution in [1.82, 2.24) is 15.0 Å². The van der Waals surface area contributed by atoms with Crippen molar-refractivity contribution in [3.05, 3.63) is 89.5 Å². The van der Waals surface area contributed by atoms with Crippen molar-refractivity contribution in [2.45, 2.75) is 5.60 Å². The highest BCUT2D eigenvalue weighted by molar-refractivity contribution is 6.02. The van der Waals surface area contributed by atoms with Gasteiger partial charge in [-0.05, 0) is 24.3 Å². The fraction of sp³-hybridized carbons (Fsp3) is 0.0435. The molecule has 8 heteroatoms. The number of hydrogen-bond acceptors (Lipinski definition) is 8. The van der Waals surface area contributed by atoms with Gasteiger partial charge in [0.1, 0.15) is 35.7 Å².